The SMILES string of the molecule is COc1ccc(CN(C)C(=O)CNC(=O)c2cccc(Cl)c2)c(OC)c1. The minimum atomic E-state index is -0.351. The lowest BCUT2D eigenvalue weighted by Crippen LogP contribution is -2.37. The summed E-state index contributed by atoms with van der Waals surface area (Å²) in [6.07, 6.45) is 0. The van der Waals surface area contributed by atoms with Crippen LogP contribution in [0.25, 0.3) is 0 Å². The first-order valence-corrected chi connectivity index (χ1v) is 8.31. The topological polar surface area (TPSA) is 67.9 Å². The van der Waals surface area contributed by atoms with Gasteiger partial charge in [-0.1, -0.05) is 17.7 Å². The average Bonchev–Trinajstić information content (AvgIpc) is 2.65. The highest BCUT2D eigenvalue weighted by atomic mass is 35.5. The van der Waals surface area contributed by atoms with Gasteiger partial charge >= 0.3 is 0 Å². The largest absolute Gasteiger partial charge is 0.497 e. The molecule has 0 saturated heterocycles. The van der Waals surface area contributed by atoms with Crippen LogP contribution in [0.4, 0.5) is 0 Å². The van der Waals surface area contributed by atoms with E-state index >= 15 is 0 Å². The van der Waals surface area contributed by atoms with Crippen LogP contribution in [-0.4, -0.2) is 44.5 Å². The van der Waals surface area contributed by atoms with Gasteiger partial charge in [0, 0.05) is 35.8 Å². The van der Waals surface area contributed by atoms with E-state index in [1.165, 1.54) is 4.90 Å². The Balaban J connectivity index is 1.94. The molecule has 0 aliphatic heterocycles. The summed E-state index contributed by atoms with van der Waals surface area (Å²) in [6, 6.07) is 11.9. The van der Waals surface area contributed by atoms with E-state index in [0.717, 1.165) is 5.56 Å². The Morgan fingerprint density at radius 3 is 2.54 bits per heavy atom. The molecular formula is C19H21ClN2O4. The zero-order valence-electron chi connectivity index (χ0n) is 14.9. The molecule has 0 spiro atoms. The Kier molecular flexibility index (Phi) is 6.86. The molecule has 0 aliphatic carbocycles. The molecular weight excluding hydrogens is 356 g/mol. The lowest BCUT2D eigenvalue weighted by Gasteiger charge is -2.19. The molecule has 0 heterocycles. The highest BCUT2D eigenvalue weighted by Crippen LogP contribution is 2.25. The van der Waals surface area contributed by atoms with E-state index in [0.29, 0.717) is 28.6 Å². The number of halogens is 1. The highest BCUT2D eigenvalue weighted by molar-refractivity contribution is 6.30. The fraction of sp³-hybridized carbons (Fsp3) is 0.263. The van der Waals surface area contributed by atoms with Gasteiger partial charge in [0.25, 0.3) is 5.91 Å². The first kappa shape index (κ1) is 19.6. The van der Waals surface area contributed by atoms with Crippen LogP contribution in [0, 0.1) is 0 Å². The summed E-state index contributed by atoms with van der Waals surface area (Å²) in [6.45, 7) is 0.235. The Bertz CT molecular complexity index is 795. The molecule has 7 heteroatoms. The van der Waals surface area contributed by atoms with Crippen LogP contribution in [0.1, 0.15) is 15.9 Å². The Morgan fingerprint density at radius 2 is 1.88 bits per heavy atom. The summed E-state index contributed by atoms with van der Waals surface area (Å²) >= 11 is 5.87. The fourth-order valence-electron chi connectivity index (χ4n) is 2.35. The second-order valence-electron chi connectivity index (χ2n) is 5.62. The Hall–Kier alpha value is -2.73. The number of ether oxygens (including phenoxy) is 2. The summed E-state index contributed by atoms with van der Waals surface area (Å²) in [4.78, 5) is 25.9. The van der Waals surface area contributed by atoms with Gasteiger partial charge < -0.3 is 19.7 Å². The van der Waals surface area contributed by atoms with Crippen LogP contribution >= 0.6 is 11.6 Å². The van der Waals surface area contributed by atoms with E-state index < -0.39 is 0 Å². The maximum atomic E-state index is 12.3. The van der Waals surface area contributed by atoms with Gasteiger partial charge in [-0.15, -0.1) is 0 Å². The smallest absolute Gasteiger partial charge is 0.251 e. The van der Waals surface area contributed by atoms with Crippen molar-refractivity contribution in [2.24, 2.45) is 0 Å². The molecule has 0 radical (unpaired) electrons. The van der Waals surface area contributed by atoms with E-state index in [-0.39, 0.29) is 18.4 Å². The minimum Gasteiger partial charge on any atom is -0.497 e. The molecule has 6 nitrogen and oxygen atoms in total. The van der Waals surface area contributed by atoms with E-state index in [4.69, 9.17) is 21.1 Å². The summed E-state index contributed by atoms with van der Waals surface area (Å²) in [5.41, 5.74) is 1.25. The second kappa shape index (κ2) is 9.10. The standard InChI is InChI=1S/C19H21ClN2O4/c1-22(12-14-7-8-16(25-2)10-17(14)26-3)18(23)11-21-19(24)13-5-4-6-15(20)9-13/h4-10H,11-12H2,1-3H3,(H,21,24). The summed E-state index contributed by atoms with van der Waals surface area (Å²) < 4.78 is 10.5. The number of hydrogen-bond donors (Lipinski definition) is 1. The Morgan fingerprint density at radius 1 is 1.12 bits per heavy atom. The molecule has 2 aromatic rings. The van der Waals surface area contributed by atoms with Gasteiger partial charge in [0.1, 0.15) is 11.5 Å². The fourth-order valence-corrected chi connectivity index (χ4v) is 2.54. The zero-order valence-corrected chi connectivity index (χ0v) is 15.7. The molecule has 0 saturated carbocycles. The van der Waals surface area contributed by atoms with Gasteiger partial charge in [0.05, 0.1) is 20.8 Å². The predicted octanol–water partition coefficient (Wildman–Crippen LogP) is 2.75. The van der Waals surface area contributed by atoms with Crippen LogP contribution in [-0.2, 0) is 11.3 Å². The monoisotopic (exact) mass is 376 g/mol. The predicted molar refractivity (Wildman–Crippen MR) is 99.8 cm³/mol. The van der Waals surface area contributed by atoms with Crippen LogP contribution in [0.3, 0.4) is 0 Å². The van der Waals surface area contributed by atoms with Crippen LogP contribution in [0.15, 0.2) is 42.5 Å². The number of likely N-dealkylation sites (N-methyl/N-ethyl adjacent to an activating group) is 1. The van der Waals surface area contributed by atoms with Crippen LogP contribution in [0.2, 0.25) is 5.02 Å². The molecule has 0 bridgehead atoms. The number of carbonyl (C=O) groups is 2. The third kappa shape index (κ3) is 5.13. The molecule has 0 fully saturated rings. The van der Waals surface area contributed by atoms with Crippen molar-refractivity contribution >= 4 is 23.4 Å². The van der Waals surface area contributed by atoms with E-state index in [1.807, 2.05) is 6.07 Å². The zero-order chi connectivity index (χ0) is 19.1. The first-order chi connectivity index (χ1) is 12.4. The van der Waals surface area contributed by atoms with Crippen molar-refractivity contribution in [1.82, 2.24) is 10.2 Å². The van der Waals surface area contributed by atoms with Crippen molar-refractivity contribution in [1.29, 1.82) is 0 Å². The van der Waals surface area contributed by atoms with Crippen molar-refractivity contribution in [3.63, 3.8) is 0 Å². The number of carbonyl (C=O) groups excluding carboxylic acids is 2. The van der Waals surface area contributed by atoms with E-state index in [1.54, 1.807) is 57.7 Å². The molecule has 2 amide bonds. The number of rotatable bonds is 7. The third-order valence-electron chi connectivity index (χ3n) is 3.81. The molecule has 0 atom stereocenters. The summed E-state index contributed by atoms with van der Waals surface area (Å²) in [7, 11) is 4.80. The van der Waals surface area contributed by atoms with Gasteiger partial charge in [-0.3, -0.25) is 9.59 Å². The van der Waals surface area contributed by atoms with Crippen molar-refractivity contribution in [2.75, 3.05) is 27.8 Å². The maximum absolute atomic E-state index is 12.3. The molecule has 0 unspecified atom stereocenters. The molecule has 0 aliphatic rings. The summed E-state index contributed by atoms with van der Waals surface area (Å²) in [5, 5.41) is 3.06. The third-order valence-corrected chi connectivity index (χ3v) is 4.05. The van der Waals surface area contributed by atoms with Gasteiger partial charge in [0.2, 0.25) is 5.91 Å². The van der Waals surface area contributed by atoms with Crippen LogP contribution < -0.4 is 14.8 Å². The summed E-state index contributed by atoms with van der Waals surface area (Å²) in [5.74, 6) is 0.731. The number of nitrogens with zero attached hydrogens (tertiary/aromatic N) is 1. The van der Waals surface area contributed by atoms with E-state index in [2.05, 4.69) is 5.32 Å². The molecule has 2 rings (SSSR count). The number of amides is 2. The van der Waals surface area contributed by atoms with Gasteiger partial charge in [0.15, 0.2) is 0 Å². The molecule has 1 N–H and O–H groups in total. The van der Waals surface area contributed by atoms with Gasteiger partial charge in [-0.2, -0.15) is 0 Å². The van der Waals surface area contributed by atoms with Crippen LogP contribution in [0.5, 0.6) is 11.5 Å². The van der Waals surface area contributed by atoms with Gasteiger partial charge in [-0.25, -0.2) is 0 Å². The quantitative estimate of drug-likeness (QED) is 0.806. The number of hydrogen-bond acceptors (Lipinski definition) is 4. The molecule has 2 aromatic carbocycles. The normalized spacial score (nSPS) is 10.2. The van der Waals surface area contributed by atoms with Crippen molar-refractivity contribution < 1.29 is 19.1 Å². The number of methoxy groups -OCH3 is 2. The molecule has 0 aromatic heterocycles. The van der Waals surface area contributed by atoms with Crippen molar-refractivity contribution in [2.45, 2.75) is 6.54 Å². The first-order valence-electron chi connectivity index (χ1n) is 7.93. The molecule has 138 valence electrons. The second-order valence-corrected chi connectivity index (χ2v) is 6.06. The van der Waals surface area contributed by atoms with Crippen molar-refractivity contribution in [3.05, 3.63) is 58.6 Å². The lowest BCUT2D eigenvalue weighted by atomic mass is 10.1. The maximum Gasteiger partial charge on any atom is 0.251 e. The van der Waals surface area contributed by atoms with Crippen molar-refractivity contribution in [3.8, 4) is 11.5 Å². The highest BCUT2D eigenvalue weighted by Gasteiger charge is 2.14. The number of benzene rings is 2. The average molecular weight is 377 g/mol. The minimum absolute atomic E-state index is 0.111. The Labute approximate surface area is 157 Å². The van der Waals surface area contributed by atoms with E-state index in [9.17, 15) is 9.59 Å². The lowest BCUT2D eigenvalue weighted by molar-refractivity contribution is -0.129. The molecule has 26 heavy (non-hydrogen) atoms. The van der Waals surface area contributed by atoms with Gasteiger partial charge in [-0.05, 0) is 30.3 Å². The number of nitrogens with one attached hydrogen (secondary N) is 1.